The summed E-state index contributed by atoms with van der Waals surface area (Å²) >= 11 is 0. The number of hydrogen-bond donors (Lipinski definition) is 3. The quantitative estimate of drug-likeness (QED) is 0.374. The molecule has 37 heavy (non-hydrogen) atoms. The number of rotatable bonds is 10. The molecule has 0 aromatic heterocycles. The summed E-state index contributed by atoms with van der Waals surface area (Å²) < 4.78 is 52.0. The number of carbonyl (C=O) groups excluding carboxylic acids is 1. The molecule has 0 saturated carbocycles. The Hall–Kier alpha value is -3.40. The summed E-state index contributed by atoms with van der Waals surface area (Å²) in [6.45, 7) is 2.64. The lowest BCUT2D eigenvalue weighted by atomic mass is 9.99. The van der Waals surface area contributed by atoms with Crippen LogP contribution in [-0.2, 0) is 29.2 Å². The Labute approximate surface area is 215 Å². The van der Waals surface area contributed by atoms with Crippen molar-refractivity contribution < 1.29 is 27.1 Å². The molecule has 0 spiro atoms. The molecule has 0 aliphatic carbocycles. The van der Waals surface area contributed by atoms with Crippen molar-refractivity contribution in [3.8, 4) is 0 Å². The third-order valence-corrected chi connectivity index (χ3v) is 7.71. The lowest BCUT2D eigenvalue weighted by molar-refractivity contribution is 0.0829. The van der Waals surface area contributed by atoms with Crippen molar-refractivity contribution in [3.05, 3.63) is 106 Å². The molecule has 3 aromatic carbocycles. The topological polar surface area (TPSA) is 95.5 Å². The highest BCUT2D eigenvalue weighted by atomic mass is 32.2. The summed E-state index contributed by atoms with van der Waals surface area (Å²) in [7, 11) is -3.61. The summed E-state index contributed by atoms with van der Waals surface area (Å²) in [6, 6.07) is 14.4. The van der Waals surface area contributed by atoms with Crippen molar-refractivity contribution in [2.24, 2.45) is 0 Å². The SMILES string of the molecule is CCc1cccc(CNC[C@H](O)[C@H](Cc2cc(F)cc(F)c2)NC(=O)c2ccc3c(c2)S(=O)(=O)C=C3)c1. The zero-order chi connectivity index (χ0) is 26.6. The molecule has 1 amide bonds. The van der Waals surface area contributed by atoms with E-state index >= 15 is 0 Å². The maximum absolute atomic E-state index is 13.8. The molecule has 3 N–H and O–H groups in total. The summed E-state index contributed by atoms with van der Waals surface area (Å²) in [6.07, 6.45) is 1.21. The van der Waals surface area contributed by atoms with Gasteiger partial charge in [-0.25, -0.2) is 17.2 Å². The number of nitrogens with one attached hydrogen (secondary N) is 2. The number of aliphatic hydroxyl groups is 1. The van der Waals surface area contributed by atoms with Crippen molar-refractivity contribution in [2.75, 3.05) is 6.54 Å². The second-order valence-corrected chi connectivity index (χ2v) is 10.8. The second-order valence-electron chi connectivity index (χ2n) is 9.03. The van der Waals surface area contributed by atoms with E-state index in [4.69, 9.17) is 0 Å². The first-order valence-corrected chi connectivity index (χ1v) is 13.5. The van der Waals surface area contributed by atoms with Gasteiger partial charge in [0, 0.05) is 30.1 Å². The molecule has 3 aromatic rings. The average molecular weight is 527 g/mol. The lowest BCUT2D eigenvalue weighted by Gasteiger charge is -2.25. The van der Waals surface area contributed by atoms with E-state index in [9.17, 15) is 27.1 Å². The van der Waals surface area contributed by atoms with Gasteiger partial charge in [0.2, 0.25) is 0 Å². The standard InChI is InChI=1S/C28H28F2N2O4S/c1-2-18-4-3-5-19(10-18)16-31-17-26(33)25(13-20-11-23(29)15-24(30)12-20)32-28(34)22-7-6-21-8-9-37(35,36)27(21)14-22/h3-12,14-15,25-26,31,33H,2,13,16-17H2,1H3,(H,32,34)/t25-,26-/m0/s1. The minimum absolute atomic E-state index is 0.0282. The number of carbonyl (C=O) groups is 1. The summed E-state index contributed by atoms with van der Waals surface area (Å²) in [5.41, 5.74) is 3.06. The van der Waals surface area contributed by atoms with E-state index in [0.29, 0.717) is 12.1 Å². The first-order chi connectivity index (χ1) is 17.6. The molecule has 2 atom stereocenters. The summed E-state index contributed by atoms with van der Waals surface area (Å²) in [5.74, 6) is -2.14. The van der Waals surface area contributed by atoms with Crippen LogP contribution in [0.15, 0.2) is 71.0 Å². The number of fused-ring (bicyclic) bond motifs is 1. The second kappa shape index (κ2) is 11.3. The third kappa shape index (κ3) is 6.68. The third-order valence-electron chi connectivity index (χ3n) is 6.25. The normalized spacial score (nSPS) is 15.2. The predicted octanol–water partition coefficient (Wildman–Crippen LogP) is 3.78. The number of aryl methyl sites for hydroxylation is 1. The van der Waals surface area contributed by atoms with Gasteiger partial charge in [0.05, 0.1) is 17.0 Å². The van der Waals surface area contributed by atoms with Gasteiger partial charge in [-0.1, -0.05) is 37.3 Å². The van der Waals surface area contributed by atoms with E-state index in [1.165, 1.54) is 29.8 Å². The smallest absolute Gasteiger partial charge is 0.251 e. The molecule has 1 aliphatic heterocycles. The van der Waals surface area contributed by atoms with Crippen LogP contribution in [0.25, 0.3) is 6.08 Å². The van der Waals surface area contributed by atoms with Crippen LogP contribution in [0, 0.1) is 11.6 Å². The van der Waals surface area contributed by atoms with Crippen LogP contribution in [0.2, 0.25) is 0 Å². The first kappa shape index (κ1) is 26.7. The highest BCUT2D eigenvalue weighted by Gasteiger charge is 2.26. The number of hydrogen-bond acceptors (Lipinski definition) is 5. The van der Waals surface area contributed by atoms with Gasteiger partial charge < -0.3 is 15.7 Å². The van der Waals surface area contributed by atoms with Crippen LogP contribution in [0.4, 0.5) is 8.78 Å². The van der Waals surface area contributed by atoms with Crippen molar-refractivity contribution in [3.63, 3.8) is 0 Å². The molecule has 0 fully saturated rings. The Balaban J connectivity index is 1.50. The molecule has 0 bridgehead atoms. The zero-order valence-corrected chi connectivity index (χ0v) is 21.1. The molecule has 9 heteroatoms. The fourth-order valence-electron chi connectivity index (χ4n) is 4.28. The van der Waals surface area contributed by atoms with E-state index in [2.05, 4.69) is 23.6 Å². The Morgan fingerprint density at radius 1 is 0.973 bits per heavy atom. The maximum Gasteiger partial charge on any atom is 0.251 e. The van der Waals surface area contributed by atoms with Gasteiger partial charge >= 0.3 is 0 Å². The summed E-state index contributed by atoms with van der Waals surface area (Å²) in [4.78, 5) is 13.1. The highest BCUT2D eigenvalue weighted by Crippen LogP contribution is 2.27. The predicted molar refractivity (Wildman–Crippen MR) is 138 cm³/mol. The van der Waals surface area contributed by atoms with Crippen LogP contribution in [-0.4, -0.2) is 38.1 Å². The van der Waals surface area contributed by atoms with Crippen LogP contribution < -0.4 is 10.6 Å². The fourth-order valence-corrected chi connectivity index (χ4v) is 5.51. The van der Waals surface area contributed by atoms with Gasteiger partial charge in [0.25, 0.3) is 5.91 Å². The van der Waals surface area contributed by atoms with Crippen molar-refractivity contribution in [1.82, 2.24) is 10.6 Å². The largest absolute Gasteiger partial charge is 0.390 e. The van der Waals surface area contributed by atoms with Crippen molar-refractivity contribution >= 4 is 21.8 Å². The van der Waals surface area contributed by atoms with E-state index < -0.39 is 39.5 Å². The molecule has 1 heterocycles. The first-order valence-electron chi connectivity index (χ1n) is 11.9. The Bertz CT molecular complexity index is 1420. The molecule has 0 saturated heterocycles. The van der Waals surface area contributed by atoms with Crippen LogP contribution >= 0.6 is 0 Å². The summed E-state index contributed by atoms with van der Waals surface area (Å²) in [5, 5.41) is 17.9. The van der Waals surface area contributed by atoms with Gasteiger partial charge in [0.1, 0.15) is 11.6 Å². The average Bonchev–Trinajstić information content (AvgIpc) is 3.17. The molecule has 0 unspecified atom stereocenters. The monoisotopic (exact) mass is 526 g/mol. The minimum atomic E-state index is -3.61. The highest BCUT2D eigenvalue weighted by molar-refractivity contribution is 7.94. The Kier molecular flexibility index (Phi) is 8.16. The molecule has 0 radical (unpaired) electrons. The molecule has 1 aliphatic rings. The number of amides is 1. The van der Waals surface area contributed by atoms with Crippen LogP contribution in [0.3, 0.4) is 0 Å². The van der Waals surface area contributed by atoms with Crippen molar-refractivity contribution in [1.29, 1.82) is 0 Å². The molecular formula is C28H28F2N2O4S. The van der Waals surface area contributed by atoms with Gasteiger partial charge in [-0.3, -0.25) is 4.79 Å². The fraction of sp³-hybridized carbons (Fsp3) is 0.250. The van der Waals surface area contributed by atoms with E-state index in [1.807, 2.05) is 18.2 Å². The van der Waals surface area contributed by atoms with Gasteiger partial charge in [-0.05, 0) is 65.4 Å². The van der Waals surface area contributed by atoms with E-state index in [1.54, 1.807) is 0 Å². The van der Waals surface area contributed by atoms with E-state index in [-0.39, 0.29) is 29.0 Å². The van der Waals surface area contributed by atoms with Crippen LogP contribution in [0.5, 0.6) is 0 Å². The number of sulfone groups is 1. The van der Waals surface area contributed by atoms with Crippen molar-refractivity contribution in [2.45, 2.75) is 43.4 Å². The minimum Gasteiger partial charge on any atom is -0.390 e. The maximum atomic E-state index is 13.8. The van der Waals surface area contributed by atoms with Gasteiger partial charge in [-0.15, -0.1) is 0 Å². The van der Waals surface area contributed by atoms with E-state index in [0.717, 1.165) is 35.6 Å². The Morgan fingerprint density at radius 3 is 2.43 bits per heavy atom. The van der Waals surface area contributed by atoms with Gasteiger partial charge in [0.15, 0.2) is 9.84 Å². The zero-order valence-electron chi connectivity index (χ0n) is 20.2. The molecule has 194 valence electrons. The van der Waals surface area contributed by atoms with Gasteiger partial charge in [-0.2, -0.15) is 0 Å². The number of benzene rings is 3. The number of aliphatic hydroxyl groups excluding tert-OH is 1. The molecular weight excluding hydrogens is 498 g/mol. The van der Waals surface area contributed by atoms with Crippen LogP contribution in [0.1, 0.15) is 39.5 Å². The molecule has 4 rings (SSSR count). The number of halogens is 2. The molecule has 6 nitrogen and oxygen atoms in total. The Morgan fingerprint density at radius 2 is 1.70 bits per heavy atom. The lowest BCUT2D eigenvalue weighted by Crippen LogP contribution is -2.48.